The number of allylic oxidation sites excluding steroid dienone is 1. The Morgan fingerprint density at radius 3 is 2.57 bits per heavy atom. The molecule has 3 heteroatoms. The minimum Gasteiger partial charge on any atom is -0.385 e. The number of rotatable bonds is 6. The summed E-state index contributed by atoms with van der Waals surface area (Å²) in [6.07, 6.45) is 5.72. The second kappa shape index (κ2) is 6.95. The average molecular weight is 194 g/mol. The van der Waals surface area contributed by atoms with Crippen molar-refractivity contribution in [2.24, 2.45) is 0 Å². The summed E-state index contributed by atoms with van der Waals surface area (Å²) in [7, 11) is 1.61. The van der Waals surface area contributed by atoms with Gasteiger partial charge in [0.2, 0.25) is 5.91 Å². The number of likely N-dealkylation sites (N-methyl/N-ethyl adjacent to an activating group) is 1. The Hall–Kier alpha value is -1.51. The molecule has 1 amide bonds. The van der Waals surface area contributed by atoms with E-state index >= 15 is 0 Å². The van der Waals surface area contributed by atoms with Crippen molar-refractivity contribution < 1.29 is 4.79 Å². The fraction of sp³-hybridized carbons (Fsp3) is 0.364. The van der Waals surface area contributed by atoms with E-state index in [1.807, 2.05) is 6.92 Å². The number of hydrogen-bond acceptors (Lipinski definition) is 2. The molecule has 0 aliphatic carbocycles. The van der Waals surface area contributed by atoms with Crippen molar-refractivity contribution >= 4 is 5.91 Å². The monoisotopic (exact) mass is 194 g/mol. The summed E-state index contributed by atoms with van der Waals surface area (Å²) in [5.41, 5.74) is 0.663. The normalized spacial score (nSPS) is 12.9. The topological polar surface area (TPSA) is 41.1 Å². The van der Waals surface area contributed by atoms with Gasteiger partial charge in [-0.15, -0.1) is 13.2 Å². The fourth-order valence-electron chi connectivity index (χ4n) is 0.833. The molecule has 0 radical (unpaired) electrons. The Bertz CT molecular complexity index is 244. The van der Waals surface area contributed by atoms with E-state index in [-0.39, 0.29) is 11.9 Å². The molecule has 14 heavy (non-hydrogen) atoms. The predicted octanol–water partition coefficient (Wildman–Crippen LogP) is 1.36. The first-order chi connectivity index (χ1) is 6.65. The number of carbonyl (C=O) groups excluding carboxylic acids is 1. The summed E-state index contributed by atoms with van der Waals surface area (Å²) in [5, 5.41) is 5.61. The van der Waals surface area contributed by atoms with Crippen LogP contribution in [0.4, 0.5) is 0 Å². The highest BCUT2D eigenvalue weighted by atomic mass is 16.1. The minimum atomic E-state index is -0.0892. The lowest BCUT2D eigenvalue weighted by Gasteiger charge is -2.08. The SMILES string of the molecule is C=CC/C(=C\NC(C)C=C)C(=O)NC. The zero-order chi connectivity index (χ0) is 11.0. The van der Waals surface area contributed by atoms with Crippen LogP contribution >= 0.6 is 0 Å². The molecular weight excluding hydrogens is 176 g/mol. The van der Waals surface area contributed by atoms with E-state index in [1.54, 1.807) is 25.4 Å². The Balaban J connectivity index is 4.38. The van der Waals surface area contributed by atoms with Gasteiger partial charge in [0.15, 0.2) is 0 Å². The third-order valence-electron chi connectivity index (χ3n) is 1.76. The minimum absolute atomic E-state index is 0.0892. The summed E-state index contributed by atoms with van der Waals surface area (Å²) < 4.78 is 0. The molecule has 0 fully saturated rings. The molecule has 0 saturated heterocycles. The highest BCUT2D eigenvalue weighted by molar-refractivity contribution is 5.93. The van der Waals surface area contributed by atoms with Crippen molar-refractivity contribution in [2.45, 2.75) is 19.4 Å². The van der Waals surface area contributed by atoms with Gasteiger partial charge in [0.25, 0.3) is 0 Å². The van der Waals surface area contributed by atoms with Gasteiger partial charge in [0, 0.05) is 24.9 Å². The average Bonchev–Trinajstić information content (AvgIpc) is 2.22. The first-order valence-corrected chi connectivity index (χ1v) is 4.56. The van der Waals surface area contributed by atoms with Crippen LogP contribution in [-0.4, -0.2) is 19.0 Å². The molecule has 0 heterocycles. The maximum absolute atomic E-state index is 11.3. The van der Waals surface area contributed by atoms with E-state index in [1.165, 1.54) is 0 Å². The van der Waals surface area contributed by atoms with Gasteiger partial charge < -0.3 is 10.6 Å². The van der Waals surface area contributed by atoms with Gasteiger partial charge in [-0.05, 0) is 13.3 Å². The van der Waals surface area contributed by atoms with Crippen molar-refractivity contribution in [3.8, 4) is 0 Å². The number of nitrogens with one attached hydrogen (secondary N) is 2. The van der Waals surface area contributed by atoms with Crippen LogP contribution in [0.5, 0.6) is 0 Å². The van der Waals surface area contributed by atoms with Crippen molar-refractivity contribution in [1.82, 2.24) is 10.6 Å². The van der Waals surface area contributed by atoms with Gasteiger partial charge in [0.1, 0.15) is 0 Å². The summed E-state index contributed by atoms with van der Waals surface area (Å²) in [6.45, 7) is 9.19. The lowest BCUT2D eigenvalue weighted by Crippen LogP contribution is -2.24. The van der Waals surface area contributed by atoms with Gasteiger partial charge in [-0.2, -0.15) is 0 Å². The van der Waals surface area contributed by atoms with Crippen LogP contribution in [0.2, 0.25) is 0 Å². The smallest absolute Gasteiger partial charge is 0.248 e. The molecule has 0 aromatic rings. The van der Waals surface area contributed by atoms with Crippen LogP contribution in [0.25, 0.3) is 0 Å². The van der Waals surface area contributed by atoms with E-state index in [0.717, 1.165) is 0 Å². The lowest BCUT2D eigenvalue weighted by atomic mass is 10.2. The molecule has 3 nitrogen and oxygen atoms in total. The number of hydrogen-bond donors (Lipinski definition) is 2. The molecule has 1 atom stereocenters. The van der Waals surface area contributed by atoms with E-state index < -0.39 is 0 Å². The maximum Gasteiger partial charge on any atom is 0.248 e. The van der Waals surface area contributed by atoms with Crippen LogP contribution < -0.4 is 10.6 Å². The molecule has 0 rings (SSSR count). The van der Waals surface area contributed by atoms with Gasteiger partial charge >= 0.3 is 0 Å². The molecule has 0 aliphatic heterocycles. The fourth-order valence-corrected chi connectivity index (χ4v) is 0.833. The van der Waals surface area contributed by atoms with E-state index in [4.69, 9.17) is 0 Å². The van der Waals surface area contributed by atoms with Crippen LogP contribution in [0.1, 0.15) is 13.3 Å². The molecule has 2 N–H and O–H groups in total. The summed E-state index contributed by atoms with van der Waals surface area (Å²) in [4.78, 5) is 11.3. The largest absolute Gasteiger partial charge is 0.385 e. The molecule has 1 unspecified atom stereocenters. The molecule has 0 spiro atoms. The van der Waals surface area contributed by atoms with Crippen molar-refractivity contribution in [2.75, 3.05) is 7.05 Å². The third-order valence-corrected chi connectivity index (χ3v) is 1.76. The first kappa shape index (κ1) is 12.5. The van der Waals surface area contributed by atoms with Gasteiger partial charge in [-0.1, -0.05) is 12.2 Å². The Morgan fingerprint density at radius 1 is 1.50 bits per heavy atom. The first-order valence-electron chi connectivity index (χ1n) is 4.56. The molecule has 0 aromatic heterocycles. The highest BCUT2D eigenvalue weighted by Gasteiger charge is 2.04. The highest BCUT2D eigenvalue weighted by Crippen LogP contribution is 2.00. The molecule has 0 saturated carbocycles. The van der Waals surface area contributed by atoms with Crippen molar-refractivity contribution in [3.05, 3.63) is 37.1 Å². The van der Waals surface area contributed by atoms with E-state index in [2.05, 4.69) is 23.8 Å². The number of carbonyl (C=O) groups is 1. The maximum atomic E-state index is 11.3. The van der Waals surface area contributed by atoms with Crippen LogP contribution in [0.15, 0.2) is 37.1 Å². The lowest BCUT2D eigenvalue weighted by molar-refractivity contribution is -0.117. The standard InChI is InChI=1S/C11H18N2O/c1-5-7-10(11(14)12-4)8-13-9(3)6-2/h5-6,8-9,13H,1-2,7H2,3-4H3,(H,12,14)/b10-8+. The zero-order valence-electron chi connectivity index (χ0n) is 8.84. The molecular formula is C11H18N2O. The second-order valence-electron chi connectivity index (χ2n) is 2.93. The summed E-state index contributed by atoms with van der Waals surface area (Å²) in [5.74, 6) is -0.0892. The van der Waals surface area contributed by atoms with Gasteiger partial charge in [-0.25, -0.2) is 0 Å². The van der Waals surface area contributed by atoms with Crippen LogP contribution in [0, 0.1) is 0 Å². The Kier molecular flexibility index (Phi) is 6.20. The zero-order valence-corrected chi connectivity index (χ0v) is 8.84. The van der Waals surface area contributed by atoms with Gasteiger partial charge in [-0.3, -0.25) is 4.79 Å². The van der Waals surface area contributed by atoms with E-state index in [0.29, 0.717) is 12.0 Å². The molecule has 78 valence electrons. The number of amides is 1. The quantitative estimate of drug-likeness (QED) is 0.495. The van der Waals surface area contributed by atoms with E-state index in [9.17, 15) is 4.79 Å². The molecule has 0 bridgehead atoms. The Labute approximate surface area is 85.6 Å². The van der Waals surface area contributed by atoms with Crippen LogP contribution in [0.3, 0.4) is 0 Å². The second-order valence-corrected chi connectivity index (χ2v) is 2.93. The Morgan fingerprint density at radius 2 is 2.14 bits per heavy atom. The summed E-state index contributed by atoms with van der Waals surface area (Å²) in [6, 6.07) is 0.152. The molecule has 0 aliphatic rings. The van der Waals surface area contributed by atoms with Crippen molar-refractivity contribution in [3.63, 3.8) is 0 Å². The van der Waals surface area contributed by atoms with Crippen molar-refractivity contribution in [1.29, 1.82) is 0 Å². The van der Waals surface area contributed by atoms with Crippen LogP contribution in [-0.2, 0) is 4.79 Å². The molecule has 0 aromatic carbocycles. The van der Waals surface area contributed by atoms with Gasteiger partial charge in [0.05, 0.1) is 0 Å². The summed E-state index contributed by atoms with van der Waals surface area (Å²) >= 11 is 0. The predicted molar refractivity (Wildman–Crippen MR) is 59.8 cm³/mol. The third kappa shape index (κ3) is 4.50.